The summed E-state index contributed by atoms with van der Waals surface area (Å²) in [6.07, 6.45) is 2.95. The lowest BCUT2D eigenvalue weighted by molar-refractivity contribution is -0.385. The minimum atomic E-state index is -0.446. The molecule has 2 N–H and O–H groups in total. The third kappa shape index (κ3) is 1.27. The first-order chi connectivity index (χ1) is 6.18. The minimum absolute atomic E-state index is 0.0242. The zero-order valence-electron chi connectivity index (χ0n) is 6.93. The molecule has 68 valence electrons. The highest BCUT2D eigenvalue weighted by Gasteiger charge is 2.22. The summed E-state index contributed by atoms with van der Waals surface area (Å²) in [5, 5.41) is 10.4. The van der Waals surface area contributed by atoms with Crippen molar-refractivity contribution in [1.29, 1.82) is 0 Å². The molecule has 1 atom stereocenters. The molecule has 1 unspecified atom stereocenters. The number of rotatable bonds is 1. The van der Waals surface area contributed by atoms with Crippen molar-refractivity contribution in [3.63, 3.8) is 0 Å². The number of fused-ring (bicyclic) bond motifs is 1. The van der Waals surface area contributed by atoms with Crippen molar-refractivity contribution in [2.45, 2.75) is 18.9 Å². The van der Waals surface area contributed by atoms with E-state index in [1.165, 1.54) is 12.3 Å². The predicted octanol–water partition coefficient (Wildman–Crippen LogP) is 0.936. The SMILES string of the molecule is NC1CCc2ncc([N+](=O)[O-])cc21. The van der Waals surface area contributed by atoms with Crippen LogP contribution in [-0.4, -0.2) is 9.91 Å². The average Bonchev–Trinajstić information content (AvgIpc) is 2.47. The van der Waals surface area contributed by atoms with E-state index in [9.17, 15) is 10.1 Å². The molecule has 1 aromatic rings. The maximum absolute atomic E-state index is 10.4. The Kier molecular flexibility index (Phi) is 1.73. The van der Waals surface area contributed by atoms with Crippen molar-refractivity contribution in [2.24, 2.45) is 5.73 Å². The highest BCUT2D eigenvalue weighted by molar-refractivity contribution is 5.38. The molecule has 5 nitrogen and oxygen atoms in total. The lowest BCUT2D eigenvalue weighted by Crippen LogP contribution is -2.06. The van der Waals surface area contributed by atoms with E-state index in [-0.39, 0.29) is 11.7 Å². The Morgan fingerprint density at radius 3 is 3.15 bits per heavy atom. The Morgan fingerprint density at radius 2 is 2.46 bits per heavy atom. The first-order valence-electron chi connectivity index (χ1n) is 4.07. The van der Waals surface area contributed by atoms with E-state index in [2.05, 4.69) is 4.98 Å². The summed E-state index contributed by atoms with van der Waals surface area (Å²) in [4.78, 5) is 14.0. The van der Waals surface area contributed by atoms with Crippen molar-refractivity contribution in [1.82, 2.24) is 4.98 Å². The van der Waals surface area contributed by atoms with Crippen LogP contribution >= 0.6 is 0 Å². The van der Waals surface area contributed by atoms with Gasteiger partial charge in [0.2, 0.25) is 0 Å². The standard InChI is InChI=1S/C8H9N3O2/c9-7-1-2-8-6(7)3-5(4-10-8)11(12)13/h3-4,7H,1-2,9H2. The highest BCUT2D eigenvalue weighted by atomic mass is 16.6. The number of nitrogens with two attached hydrogens (primary N) is 1. The lowest BCUT2D eigenvalue weighted by Gasteiger charge is -2.02. The molecule has 5 heteroatoms. The van der Waals surface area contributed by atoms with E-state index in [0.29, 0.717) is 0 Å². The van der Waals surface area contributed by atoms with Crippen LogP contribution < -0.4 is 5.73 Å². The van der Waals surface area contributed by atoms with Gasteiger partial charge >= 0.3 is 0 Å². The zero-order valence-corrected chi connectivity index (χ0v) is 6.93. The molecule has 0 bridgehead atoms. The van der Waals surface area contributed by atoms with Gasteiger partial charge in [0, 0.05) is 17.8 Å². The molecule has 1 aromatic heterocycles. The van der Waals surface area contributed by atoms with Crippen LogP contribution in [0.15, 0.2) is 12.3 Å². The molecule has 0 spiro atoms. The third-order valence-corrected chi connectivity index (χ3v) is 2.29. The van der Waals surface area contributed by atoms with Gasteiger partial charge in [-0.2, -0.15) is 0 Å². The van der Waals surface area contributed by atoms with Gasteiger partial charge in [-0.3, -0.25) is 15.1 Å². The second-order valence-electron chi connectivity index (χ2n) is 3.13. The molecule has 2 rings (SSSR count). The number of hydrogen-bond donors (Lipinski definition) is 1. The summed E-state index contributed by atoms with van der Waals surface area (Å²) in [5.74, 6) is 0. The minimum Gasteiger partial charge on any atom is -0.324 e. The summed E-state index contributed by atoms with van der Waals surface area (Å²) in [7, 11) is 0. The fourth-order valence-electron chi connectivity index (χ4n) is 1.58. The van der Waals surface area contributed by atoms with Gasteiger partial charge in [0.1, 0.15) is 6.20 Å². The Balaban J connectivity index is 2.47. The van der Waals surface area contributed by atoms with E-state index in [0.717, 1.165) is 24.1 Å². The number of pyridine rings is 1. The zero-order chi connectivity index (χ0) is 9.42. The van der Waals surface area contributed by atoms with Gasteiger partial charge in [0.15, 0.2) is 0 Å². The lowest BCUT2D eigenvalue weighted by atomic mass is 10.1. The van der Waals surface area contributed by atoms with E-state index >= 15 is 0 Å². The van der Waals surface area contributed by atoms with E-state index in [4.69, 9.17) is 5.73 Å². The van der Waals surface area contributed by atoms with Crippen LogP contribution in [0.2, 0.25) is 0 Å². The molecule has 0 radical (unpaired) electrons. The molecule has 0 amide bonds. The molecule has 0 saturated carbocycles. The van der Waals surface area contributed by atoms with Crippen molar-refractivity contribution < 1.29 is 4.92 Å². The van der Waals surface area contributed by atoms with Crippen molar-refractivity contribution in [3.05, 3.63) is 33.6 Å². The normalized spacial score (nSPS) is 19.9. The second kappa shape index (κ2) is 2.77. The van der Waals surface area contributed by atoms with E-state index in [1.807, 2.05) is 0 Å². The molecule has 0 aliphatic heterocycles. The average molecular weight is 179 g/mol. The first kappa shape index (κ1) is 8.12. The molecular formula is C8H9N3O2. The molecule has 1 aliphatic rings. The van der Waals surface area contributed by atoms with Crippen LogP contribution in [0, 0.1) is 10.1 Å². The summed E-state index contributed by atoms with van der Waals surface area (Å²) in [6, 6.07) is 1.45. The molecule has 0 aromatic carbocycles. The topological polar surface area (TPSA) is 82.0 Å². The molecule has 13 heavy (non-hydrogen) atoms. The Morgan fingerprint density at radius 1 is 1.69 bits per heavy atom. The van der Waals surface area contributed by atoms with Crippen LogP contribution in [-0.2, 0) is 6.42 Å². The Bertz CT molecular complexity index is 364. The van der Waals surface area contributed by atoms with Gasteiger partial charge in [-0.05, 0) is 18.4 Å². The molecule has 1 aliphatic carbocycles. The largest absolute Gasteiger partial charge is 0.324 e. The van der Waals surface area contributed by atoms with Gasteiger partial charge in [0.05, 0.1) is 4.92 Å². The predicted molar refractivity (Wildman–Crippen MR) is 46.1 cm³/mol. The Hall–Kier alpha value is -1.49. The second-order valence-corrected chi connectivity index (χ2v) is 3.13. The molecule has 0 fully saturated rings. The number of hydrogen-bond acceptors (Lipinski definition) is 4. The van der Waals surface area contributed by atoms with Crippen LogP contribution in [0.1, 0.15) is 23.7 Å². The van der Waals surface area contributed by atoms with Crippen molar-refractivity contribution >= 4 is 5.69 Å². The number of nitro groups is 1. The fraction of sp³-hybridized carbons (Fsp3) is 0.375. The van der Waals surface area contributed by atoms with Crippen LogP contribution in [0.4, 0.5) is 5.69 Å². The van der Waals surface area contributed by atoms with Crippen molar-refractivity contribution in [3.8, 4) is 0 Å². The molecule has 0 saturated heterocycles. The van der Waals surface area contributed by atoms with Gasteiger partial charge in [-0.1, -0.05) is 0 Å². The third-order valence-electron chi connectivity index (χ3n) is 2.29. The number of aryl methyl sites for hydroxylation is 1. The smallest absolute Gasteiger partial charge is 0.287 e. The number of aromatic nitrogens is 1. The first-order valence-corrected chi connectivity index (χ1v) is 4.07. The Labute approximate surface area is 74.7 Å². The van der Waals surface area contributed by atoms with Crippen LogP contribution in [0.5, 0.6) is 0 Å². The maximum atomic E-state index is 10.4. The molecule has 1 heterocycles. The van der Waals surface area contributed by atoms with E-state index < -0.39 is 4.92 Å². The fourth-order valence-corrected chi connectivity index (χ4v) is 1.58. The summed E-state index contributed by atoms with van der Waals surface area (Å²) in [6.45, 7) is 0. The van der Waals surface area contributed by atoms with Gasteiger partial charge < -0.3 is 5.73 Å². The van der Waals surface area contributed by atoms with Gasteiger partial charge in [-0.25, -0.2) is 0 Å². The summed E-state index contributed by atoms with van der Waals surface area (Å²) in [5.41, 5.74) is 7.51. The molecular weight excluding hydrogens is 170 g/mol. The van der Waals surface area contributed by atoms with Crippen molar-refractivity contribution in [2.75, 3.05) is 0 Å². The van der Waals surface area contributed by atoms with Gasteiger partial charge in [0.25, 0.3) is 5.69 Å². The summed E-state index contributed by atoms with van der Waals surface area (Å²) < 4.78 is 0. The maximum Gasteiger partial charge on any atom is 0.287 e. The van der Waals surface area contributed by atoms with Crippen LogP contribution in [0.3, 0.4) is 0 Å². The monoisotopic (exact) mass is 179 g/mol. The van der Waals surface area contributed by atoms with E-state index in [1.54, 1.807) is 0 Å². The number of nitrogens with zero attached hydrogens (tertiary/aromatic N) is 2. The summed E-state index contributed by atoms with van der Waals surface area (Å²) >= 11 is 0. The quantitative estimate of drug-likeness (QED) is 0.513. The van der Waals surface area contributed by atoms with Crippen LogP contribution in [0.25, 0.3) is 0 Å². The van der Waals surface area contributed by atoms with Gasteiger partial charge in [-0.15, -0.1) is 0 Å². The highest BCUT2D eigenvalue weighted by Crippen LogP contribution is 2.29.